The fraction of sp³-hybridized carbons (Fsp3) is 0.615. The first-order valence-corrected chi connectivity index (χ1v) is 8.07. The quantitative estimate of drug-likeness (QED) is 0.662. The molecule has 20 heavy (non-hydrogen) atoms. The molecule has 1 rings (SSSR count). The van der Waals surface area contributed by atoms with Crippen molar-refractivity contribution in [2.45, 2.75) is 31.9 Å². The number of aliphatic hydroxyl groups excluding tert-OH is 1. The van der Waals surface area contributed by atoms with Crippen molar-refractivity contribution in [3.63, 3.8) is 0 Å². The van der Waals surface area contributed by atoms with E-state index in [1.807, 2.05) is 0 Å². The van der Waals surface area contributed by atoms with Crippen LogP contribution in [0.1, 0.15) is 25.8 Å². The second-order valence-electron chi connectivity index (χ2n) is 4.88. The smallest absolute Gasteiger partial charge is 0.258 e. The lowest BCUT2D eigenvalue weighted by atomic mass is 10.2. The SMILES string of the molecule is CC(C)COCCCNS(=O)(=O)c1ccc(CO)cn1. The van der Waals surface area contributed by atoms with Gasteiger partial charge in [-0.05, 0) is 24.0 Å². The molecule has 7 heteroatoms. The van der Waals surface area contributed by atoms with Gasteiger partial charge in [-0.3, -0.25) is 0 Å². The van der Waals surface area contributed by atoms with Gasteiger partial charge in [-0.1, -0.05) is 19.9 Å². The summed E-state index contributed by atoms with van der Waals surface area (Å²) >= 11 is 0. The Balaban J connectivity index is 2.37. The number of ether oxygens (including phenoxy) is 1. The number of nitrogens with zero attached hydrogens (tertiary/aromatic N) is 1. The second kappa shape index (κ2) is 8.31. The van der Waals surface area contributed by atoms with Crippen LogP contribution in [0.3, 0.4) is 0 Å². The van der Waals surface area contributed by atoms with Crippen LogP contribution in [-0.2, 0) is 21.4 Å². The van der Waals surface area contributed by atoms with E-state index in [1.165, 1.54) is 18.3 Å². The number of hydrogen-bond donors (Lipinski definition) is 2. The third-order valence-corrected chi connectivity index (χ3v) is 3.84. The molecule has 0 saturated heterocycles. The third kappa shape index (κ3) is 5.96. The van der Waals surface area contributed by atoms with E-state index in [-0.39, 0.29) is 11.6 Å². The zero-order chi connectivity index (χ0) is 15.0. The van der Waals surface area contributed by atoms with E-state index in [9.17, 15) is 8.42 Å². The molecule has 0 spiro atoms. The van der Waals surface area contributed by atoms with Gasteiger partial charge in [0.25, 0.3) is 10.0 Å². The Kier molecular flexibility index (Phi) is 7.08. The maximum absolute atomic E-state index is 11.9. The van der Waals surface area contributed by atoms with Crippen molar-refractivity contribution in [1.29, 1.82) is 0 Å². The van der Waals surface area contributed by atoms with Crippen LogP contribution >= 0.6 is 0 Å². The molecule has 0 aliphatic heterocycles. The molecule has 1 aromatic rings. The minimum atomic E-state index is -3.59. The zero-order valence-electron chi connectivity index (χ0n) is 11.9. The predicted molar refractivity (Wildman–Crippen MR) is 75.6 cm³/mol. The van der Waals surface area contributed by atoms with Crippen molar-refractivity contribution in [3.8, 4) is 0 Å². The number of pyridine rings is 1. The maximum Gasteiger partial charge on any atom is 0.258 e. The summed E-state index contributed by atoms with van der Waals surface area (Å²) in [6.45, 7) is 5.47. The van der Waals surface area contributed by atoms with Crippen LogP contribution in [0, 0.1) is 5.92 Å². The van der Waals surface area contributed by atoms with E-state index in [0.29, 0.717) is 37.7 Å². The number of aromatic nitrogens is 1. The molecule has 0 bridgehead atoms. The zero-order valence-corrected chi connectivity index (χ0v) is 12.7. The first-order chi connectivity index (χ1) is 9.45. The van der Waals surface area contributed by atoms with Crippen LogP contribution in [0.15, 0.2) is 23.4 Å². The largest absolute Gasteiger partial charge is 0.392 e. The third-order valence-electron chi connectivity index (χ3n) is 2.46. The molecule has 0 aromatic carbocycles. The highest BCUT2D eigenvalue weighted by molar-refractivity contribution is 7.89. The highest BCUT2D eigenvalue weighted by Crippen LogP contribution is 2.06. The van der Waals surface area contributed by atoms with Crippen molar-refractivity contribution < 1.29 is 18.3 Å². The molecule has 0 radical (unpaired) electrons. The molecule has 0 fully saturated rings. The summed E-state index contributed by atoms with van der Waals surface area (Å²) in [6.07, 6.45) is 1.96. The number of rotatable bonds is 9. The fourth-order valence-electron chi connectivity index (χ4n) is 1.44. The highest BCUT2D eigenvalue weighted by atomic mass is 32.2. The summed E-state index contributed by atoms with van der Waals surface area (Å²) < 4.78 is 31.6. The first-order valence-electron chi connectivity index (χ1n) is 6.59. The van der Waals surface area contributed by atoms with Crippen LogP contribution < -0.4 is 4.72 Å². The Morgan fingerprint density at radius 1 is 1.40 bits per heavy atom. The predicted octanol–water partition coefficient (Wildman–Crippen LogP) is 0.915. The lowest BCUT2D eigenvalue weighted by molar-refractivity contribution is 0.108. The van der Waals surface area contributed by atoms with E-state index in [0.717, 1.165) is 0 Å². The van der Waals surface area contributed by atoms with E-state index in [2.05, 4.69) is 23.6 Å². The molecular weight excluding hydrogens is 280 g/mol. The van der Waals surface area contributed by atoms with Crippen molar-refractivity contribution in [3.05, 3.63) is 23.9 Å². The normalized spacial score (nSPS) is 12.0. The highest BCUT2D eigenvalue weighted by Gasteiger charge is 2.14. The van der Waals surface area contributed by atoms with Crippen LogP contribution in [0.25, 0.3) is 0 Å². The standard InChI is InChI=1S/C13H22N2O4S/c1-11(2)10-19-7-3-6-15-20(17,18)13-5-4-12(9-16)8-14-13/h4-5,8,11,15-16H,3,6-7,9-10H2,1-2H3. The summed E-state index contributed by atoms with van der Waals surface area (Å²) in [4.78, 5) is 3.82. The van der Waals surface area contributed by atoms with Gasteiger partial charge < -0.3 is 9.84 Å². The average Bonchev–Trinajstić information content (AvgIpc) is 2.42. The van der Waals surface area contributed by atoms with E-state index >= 15 is 0 Å². The summed E-state index contributed by atoms with van der Waals surface area (Å²) in [7, 11) is -3.59. The molecule has 1 aromatic heterocycles. The minimum Gasteiger partial charge on any atom is -0.392 e. The molecule has 0 saturated carbocycles. The van der Waals surface area contributed by atoms with Gasteiger partial charge in [0.15, 0.2) is 5.03 Å². The monoisotopic (exact) mass is 302 g/mol. The molecule has 0 atom stereocenters. The van der Waals surface area contributed by atoms with Gasteiger partial charge in [0.05, 0.1) is 6.61 Å². The lowest BCUT2D eigenvalue weighted by Gasteiger charge is -2.08. The number of nitrogens with one attached hydrogen (secondary N) is 1. The summed E-state index contributed by atoms with van der Waals surface area (Å²) in [6, 6.07) is 2.91. The fourth-order valence-corrected chi connectivity index (χ4v) is 2.44. The second-order valence-corrected chi connectivity index (χ2v) is 6.60. The van der Waals surface area contributed by atoms with Gasteiger partial charge in [0.1, 0.15) is 0 Å². The number of aliphatic hydroxyl groups is 1. The number of hydrogen-bond acceptors (Lipinski definition) is 5. The number of sulfonamides is 1. The van der Waals surface area contributed by atoms with Gasteiger partial charge in [-0.25, -0.2) is 18.1 Å². The minimum absolute atomic E-state index is 0.0437. The Bertz CT molecular complexity index is 486. The Hall–Kier alpha value is -1.02. The molecule has 6 nitrogen and oxygen atoms in total. The van der Waals surface area contributed by atoms with E-state index in [1.54, 1.807) is 0 Å². The molecule has 114 valence electrons. The van der Waals surface area contributed by atoms with Crippen molar-refractivity contribution in [1.82, 2.24) is 9.71 Å². The van der Waals surface area contributed by atoms with Crippen molar-refractivity contribution >= 4 is 10.0 Å². The molecule has 0 amide bonds. The van der Waals surface area contributed by atoms with Crippen LogP contribution in [0.2, 0.25) is 0 Å². The topological polar surface area (TPSA) is 88.5 Å². The maximum atomic E-state index is 11.9. The Morgan fingerprint density at radius 3 is 2.70 bits per heavy atom. The molecule has 0 unspecified atom stereocenters. The Morgan fingerprint density at radius 2 is 2.15 bits per heavy atom. The van der Waals surface area contributed by atoms with Gasteiger partial charge >= 0.3 is 0 Å². The molecular formula is C13H22N2O4S. The van der Waals surface area contributed by atoms with Gasteiger partial charge in [-0.15, -0.1) is 0 Å². The average molecular weight is 302 g/mol. The molecule has 0 aliphatic rings. The summed E-state index contributed by atoms with van der Waals surface area (Å²) in [5.41, 5.74) is 0.575. The summed E-state index contributed by atoms with van der Waals surface area (Å²) in [5, 5.41) is 8.83. The molecule has 0 aliphatic carbocycles. The van der Waals surface area contributed by atoms with E-state index < -0.39 is 10.0 Å². The first kappa shape index (κ1) is 17.0. The van der Waals surface area contributed by atoms with Crippen molar-refractivity contribution in [2.24, 2.45) is 5.92 Å². The van der Waals surface area contributed by atoms with Crippen molar-refractivity contribution in [2.75, 3.05) is 19.8 Å². The van der Waals surface area contributed by atoms with E-state index in [4.69, 9.17) is 9.84 Å². The van der Waals surface area contributed by atoms with Crippen LogP contribution in [-0.4, -0.2) is 38.3 Å². The lowest BCUT2D eigenvalue weighted by Crippen LogP contribution is -2.26. The Labute approximate surface area is 120 Å². The van der Waals surface area contributed by atoms with Gasteiger partial charge in [0, 0.05) is 26.0 Å². The van der Waals surface area contributed by atoms with Gasteiger partial charge in [0.2, 0.25) is 0 Å². The summed E-state index contributed by atoms with van der Waals surface area (Å²) in [5.74, 6) is 0.473. The molecule has 2 N–H and O–H groups in total. The van der Waals surface area contributed by atoms with Crippen LogP contribution in [0.5, 0.6) is 0 Å². The molecule has 1 heterocycles. The van der Waals surface area contributed by atoms with Crippen LogP contribution in [0.4, 0.5) is 0 Å². The van der Waals surface area contributed by atoms with Gasteiger partial charge in [-0.2, -0.15) is 0 Å².